The summed E-state index contributed by atoms with van der Waals surface area (Å²) >= 11 is 0. The molecule has 1 aliphatic carbocycles. The molecule has 1 spiro atoms. The van der Waals surface area contributed by atoms with Crippen molar-refractivity contribution in [1.82, 2.24) is 0 Å². The van der Waals surface area contributed by atoms with Gasteiger partial charge in [0.1, 0.15) is 17.1 Å². The van der Waals surface area contributed by atoms with Gasteiger partial charge in [0.05, 0.1) is 5.69 Å². The van der Waals surface area contributed by atoms with Crippen molar-refractivity contribution in [2.45, 2.75) is 50.8 Å². The van der Waals surface area contributed by atoms with Crippen LogP contribution in [0.2, 0.25) is 0 Å². The number of nitrogens with zero attached hydrogens (tertiary/aromatic N) is 3. The van der Waals surface area contributed by atoms with Gasteiger partial charge in [-0.25, -0.2) is 4.99 Å². The minimum absolute atomic E-state index is 0.187. The van der Waals surface area contributed by atoms with E-state index in [0.29, 0.717) is 11.4 Å². The first-order chi connectivity index (χ1) is 12.0. The van der Waals surface area contributed by atoms with Gasteiger partial charge < -0.3 is 21.5 Å². The fourth-order valence-corrected chi connectivity index (χ4v) is 3.87. The summed E-state index contributed by atoms with van der Waals surface area (Å²) in [6, 6.07) is 5.61. The maximum atomic E-state index is 12.1. The van der Waals surface area contributed by atoms with Gasteiger partial charge in [0, 0.05) is 0 Å². The van der Waals surface area contributed by atoms with Gasteiger partial charge in [-0.05, 0) is 44.7 Å². The van der Waals surface area contributed by atoms with E-state index in [9.17, 15) is 4.79 Å². The van der Waals surface area contributed by atoms with Crippen LogP contribution in [0.25, 0.3) is 0 Å². The summed E-state index contributed by atoms with van der Waals surface area (Å²) in [5, 5.41) is 2.93. The SMILES string of the molecule is CC1Oc2cccc(N3C(N)=NC(N)=NC34CCCCC4)c2NC1=O. The molecule has 2 heterocycles. The van der Waals surface area contributed by atoms with Gasteiger partial charge in [0.25, 0.3) is 5.91 Å². The van der Waals surface area contributed by atoms with Crippen LogP contribution in [0.4, 0.5) is 11.4 Å². The Morgan fingerprint density at radius 3 is 2.80 bits per heavy atom. The monoisotopic (exact) mass is 342 g/mol. The van der Waals surface area contributed by atoms with E-state index in [2.05, 4.69) is 15.3 Å². The maximum absolute atomic E-state index is 12.1. The Labute approximate surface area is 145 Å². The van der Waals surface area contributed by atoms with E-state index in [0.717, 1.165) is 37.8 Å². The van der Waals surface area contributed by atoms with Crippen molar-refractivity contribution in [2.24, 2.45) is 21.5 Å². The minimum atomic E-state index is -0.558. The van der Waals surface area contributed by atoms with Gasteiger partial charge in [-0.2, -0.15) is 4.99 Å². The normalized spacial score (nSPS) is 24.8. The van der Waals surface area contributed by atoms with Crippen molar-refractivity contribution in [3.63, 3.8) is 0 Å². The number of carbonyl (C=O) groups is 1. The Balaban J connectivity index is 1.84. The van der Waals surface area contributed by atoms with Crippen molar-refractivity contribution < 1.29 is 9.53 Å². The standard InChI is InChI=1S/C17H22N6O2/c1-10-14(24)20-13-11(6-5-7-12(13)25-10)23-16(19)21-15(18)22-17(23)8-3-2-4-9-17/h5-7,10H,2-4,8-9H2,1H3,(H,20,24)(H4,18,19,21,22). The molecule has 0 bridgehead atoms. The highest BCUT2D eigenvalue weighted by Crippen LogP contribution is 2.45. The van der Waals surface area contributed by atoms with Gasteiger partial charge >= 0.3 is 0 Å². The maximum Gasteiger partial charge on any atom is 0.265 e. The minimum Gasteiger partial charge on any atom is -0.479 e. The lowest BCUT2D eigenvalue weighted by molar-refractivity contribution is -0.122. The number of hydrogen-bond acceptors (Lipinski definition) is 7. The molecule has 1 aromatic rings. The first-order valence-electron chi connectivity index (χ1n) is 8.60. The van der Waals surface area contributed by atoms with Crippen molar-refractivity contribution in [3.8, 4) is 5.75 Å². The number of guanidine groups is 2. The number of amides is 1. The van der Waals surface area contributed by atoms with Crippen LogP contribution in [0.3, 0.4) is 0 Å². The molecule has 0 saturated heterocycles. The number of aliphatic imine (C=N–C) groups is 2. The molecular formula is C17H22N6O2. The van der Waals surface area contributed by atoms with Crippen molar-refractivity contribution in [3.05, 3.63) is 18.2 Å². The smallest absolute Gasteiger partial charge is 0.265 e. The predicted molar refractivity (Wildman–Crippen MR) is 96.7 cm³/mol. The number of nitrogens with two attached hydrogens (primary N) is 2. The Morgan fingerprint density at radius 1 is 1.28 bits per heavy atom. The third-order valence-electron chi connectivity index (χ3n) is 5.02. The first kappa shape index (κ1) is 15.7. The lowest BCUT2D eigenvalue weighted by Crippen LogP contribution is -2.58. The molecule has 0 radical (unpaired) electrons. The van der Waals surface area contributed by atoms with Crippen molar-refractivity contribution >= 4 is 29.2 Å². The summed E-state index contributed by atoms with van der Waals surface area (Å²) in [5.74, 6) is 0.920. The second-order valence-corrected chi connectivity index (χ2v) is 6.72. The molecule has 1 saturated carbocycles. The van der Waals surface area contributed by atoms with Crippen LogP contribution in [-0.4, -0.2) is 29.6 Å². The molecule has 1 fully saturated rings. The molecule has 8 nitrogen and oxygen atoms in total. The number of nitrogens with one attached hydrogen (secondary N) is 1. The summed E-state index contributed by atoms with van der Waals surface area (Å²) in [7, 11) is 0. The molecule has 8 heteroatoms. The Morgan fingerprint density at radius 2 is 2.04 bits per heavy atom. The first-order valence-corrected chi connectivity index (χ1v) is 8.60. The zero-order valence-corrected chi connectivity index (χ0v) is 14.2. The molecule has 3 aliphatic rings. The average molecular weight is 342 g/mol. The summed E-state index contributed by atoms with van der Waals surface area (Å²) < 4.78 is 5.73. The number of anilines is 2. The Hall–Kier alpha value is -2.77. The van der Waals surface area contributed by atoms with Gasteiger partial charge in [-0.15, -0.1) is 0 Å². The van der Waals surface area contributed by atoms with Crippen LogP contribution in [0.1, 0.15) is 39.0 Å². The van der Waals surface area contributed by atoms with Gasteiger partial charge in [0.2, 0.25) is 11.9 Å². The van der Waals surface area contributed by atoms with Gasteiger partial charge in [0.15, 0.2) is 6.10 Å². The third kappa shape index (κ3) is 2.48. The van der Waals surface area contributed by atoms with Crippen LogP contribution in [0, 0.1) is 0 Å². The number of ether oxygens (including phenoxy) is 1. The van der Waals surface area contributed by atoms with E-state index in [-0.39, 0.29) is 17.8 Å². The topological polar surface area (TPSA) is 118 Å². The zero-order chi connectivity index (χ0) is 17.6. The van der Waals surface area contributed by atoms with E-state index in [1.807, 2.05) is 23.1 Å². The molecule has 1 amide bonds. The number of hydrogen-bond donors (Lipinski definition) is 3. The molecule has 1 atom stereocenters. The lowest BCUT2D eigenvalue weighted by atomic mass is 9.87. The number of para-hydroxylation sites is 1. The predicted octanol–water partition coefficient (Wildman–Crippen LogP) is 1.52. The molecule has 1 aromatic carbocycles. The Kier molecular flexibility index (Phi) is 3.55. The summed E-state index contributed by atoms with van der Waals surface area (Å²) in [4.78, 5) is 22.9. The van der Waals surface area contributed by atoms with Crippen LogP contribution < -0.4 is 26.4 Å². The van der Waals surface area contributed by atoms with Crippen LogP contribution >= 0.6 is 0 Å². The fourth-order valence-electron chi connectivity index (χ4n) is 3.87. The van der Waals surface area contributed by atoms with Crippen LogP contribution in [0.15, 0.2) is 28.2 Å². The second-order valence-electron chi connectivity index (χ2n) is 6.72. The number of carbonyl (C=O) groups excluding carboxylic acids is 1. The third-order valence-corrected chi connectivity index (χ3v) is 5.02. The molecular weight excluding hydrogens is 320 g/mol. The van der Waals surface area contributed by atoms with Crippen LogP contribution in [0.5, 0.6) is 5.75 Å². The highest BCUT2D eigenvalue weighted by atomic mass is 16.5. The lowest BCUT2D eigenvalue weighted by Gasteiger charge is -2.46. The quantitative estimate of drug-likeness (QED) is 0.715. The molecule has 0 aromatic heterocycles. The second kappa shape index (κ2) is 5.65. The molecule has 132 valence electrons. The number of benzene rings is 1. The summed E-state index contributed by atoms with van der Waals surface area (Å²) in [6.45, 7) is 1.72. The van der Waals surface area contributed by atoms with E-state index in [1.165, 1.54) is 0 Å². The zero-order valence-electron chi connectivity index (χ0n) is 14.2. The van der Waals surface area contributed by atoms with Crippen molar-refractivity contribution in [1.29, 1.82) is 0 Å². The molecule has 4 rings (SSSR count). The average Bonchev–Trinajstić information content (AvgIpc) is 2.56. The molecule has 25 heavy (non-hydrogen) atoms. The molecule has 2 aliphatic heterocycles. The number of fused-ring (bicyclic) bond motifs is 1. The molecule has 5 N–H and O–H groups in total. The van der Waals surface area contributed by atoms with Crippen molar-refractivity contribution in [2.75, 3.05) is 10.2 Å². The van der Waals surface area contributed by atoms with Gasteiger partial charge in [-0.3, -0.25) is 9.69 Å². The summed E-state index contributed by atoms with van der Waals surface area (Å²) in [5.41, 5.74) is 13.0. The van der Waals surface area contributed by atoms with Crippen LogP contribution in [-0.2, 0) is 4.79 Å². The fraction of sp³-hybridized carbons (Fsp3) is 0.471. The number of rotatable bonds is 1. The van der Waals surface area contributed by atoms with E-state index in [4.69, 9.17) is 16.2 Å². The van der Waals surface area contributed by atoms with E-state index >= 15 is 0 Å². The highest BCUT2D eigenvalue weighted by molar-refractivity contribution is 6.10. The van der Waals surface area contributed by atoms with E-state index in [1.54, 1.807) is 6.92 Å². The highest BCUT2D eigenvalue weighted by Gasteiger charge is 2.44. The summed E-state index contributed by atoms with van der Waals surface area (Å²) in [6.07, 6.45) is 4.36. The van der Waals surface area contributed by atoms with Gasteiger partial charge in [-0.1, -0.05) is 12.5 Å². The molecule has 1 unspecified atom stereocenters. The Bertz CT molecular complexity index is 781. The largest absolute Gasteiger partial charge is 0.479 e. The van der Waals surface area contributed by atoms with E-state index < -0.39 is 11.8 Å².